The van der Waals surface area contributed by atoms with E-state index in [9.17, 15) is 0 Å². The monoisotopic (exact) mass is 114 g/mol. The largest absolute Gasteiger partial charge is 0.138 e. The summed E-state index contributed by atoms with van der Waals surface area (Å²) in [5.41, 5.74) is 4.18. The Morgan fingerprint density at radius 1 is 0.889 bits per heavy atom. The Balaban J connectivity index is 3.25. The summed E-state index contributed by atoms with van der Waals surface area (Å²) in [6, 6.07) is 6.38. The van der Waals surface area contributed by atoms with Gasteiger partial charge in [0.1, 0.15) is 23.5 Å². The minimum Gasteiger partial charge on any atom is -0.101 e. The lowest BCUT2D eigenvalue weighted by atomic mass is 9.73. The van der Waals surface area contributed by atoms with Gasteiger partial charge in [0.25, 0.3) is 0 Å². The van der Waals surface area contributed by atoms with Crippen molar-refractivity contribution >= 4 is 39.9 Å². The first kappa shape index (κ1) is 6.53. The van der Waals surface area contributed by atoms with Crippen molar-refractivity contribution in [2.45, 2.75) is 0 Å². The van der Waals surface area contributed by atoms with Gasteiger partial charge < -0.3 is 0 Å². The summed E-state index contributed by atoms with van der Waals surface area (Å²) in [6.07, 6.45) is 0. The molecule has 0 unspecified atom stereocenters. The normalized spacial score (nSPS) is 9.33. The second-order valence-electron chi connectivity index (χ2n) is 2.52. The van der Waals surface area contributed by atoms with Crippen LogP contribution in [0.4, 0.5) is 0 Å². The predicted octanol–water partition coefficient (Wildman–Crippen LogP) is -3.54. The Kier molecular flexibility index (Phi) is 1.70. The molecule has 0 aliphatic carbocycles. The summed E-state index contributed by atoms with van der Waals surface area (Å²) < 4.78 is 0. The van der Waals surface area contributed by atoms with Crippen molar-refractivity contribution in [2.75, 3.05) is 0 Å². The highest BCUT2D eigenvalue weighted by atomic mass is 13.8. The molecular weight excluding hydrogens is 105 g/mol. The van der Waals surface area contributed by atoms with Crippen LogP contribution in [-0.2, 0) is 0 Å². The highest BCUT2D eigenvalue weighted by Crippen LogP contribution is 1.70. The SMILES string of the molecule is Bc1cccc(B)c1B. The van der Waals surface area contributed by atoms with Crippen molar-refractivity contribution < 1.29 is 0 Å². The van der Waals surface area contributed by atoms with Gasteiger partial charge in [-0.2, -0.15) is 0 Å². The fraction of sp³-hybridized carbons (Fsp3) is 0. The lowest BCUT2D eigenvalue weighted by molar-refractivity contribution is 1.88. The summed E-state index contributed by atoms with van der Waals surface area (Å²) in [6.45, 7) is 0. The third-order valence-corrected chi connectivity index (χ3v) is 1.88. The highest BCUT2D eigenvalue weighted by molar-refractivity contribution is 6.56. The van der Waals surface area contributed by atoms with Crippen molar-refractivity contribution in [3.8, 4) is 0 Å². The van der Waals surface area contributed by atoms with Gasteiger partial charge >= 0.3 is 0 Å². The average Bonchev–Trinajstić information content (AvgIpc) is 1.83. The Hall–Kier alpha value is -0.585. The molecule has 0 spiro atoms. The van der Waals surface area contributed by atoms with Crippen molar-refractivity contribution in [2.24, 2.45) is 0 Å². The van der Waals surface area contributed by atoms with Crippen LogP contribution < -0.4 is 16.4 Å². The minimum absolute atomic E-state index is 1.38. The van der Waals surface area contributed by atoms with E-state index in [4.69, 9.17) is 0 Å². The maximum Gasteiger partial charge on any atom is 0.138 e. The maximum atomic E-state index is 2.16. The van der Waals surface area contributed by atoms with E-state index in [0.717, 1.165) is 0 Å². The van der Waals surface area contributed by atoms with E-state index in [1.807, 2.05) is 0 Å². The molecule has 0 aromatic heterocycles. The molecule has 0 saturated heterocycles. The molecule has 0 nitrogen and oxygen atoms in total. The summed E-state index contributed by atoms with van der Waals surface area (Å²) >= 11 is 0. The second kappa shape index (κ2) is 2.34. The van der Waals surface area contributed by atoms with Crippen molar-refractivity contribution in [3.63, 3.8) is 0 Å². The molecular formula is C6H9B3. The van der Waals surface area contributed by atoms with Crippen LogP contribution in [0.25, 0.3) is 0 Å². The quantitative estimate of drug-likeness (QED) is 0.306. The Labute approximate surface area is 58.9 Å². The van der Waals surface area contributed by atoms with Crippen LogP contribution in [0.2, 0.25) is 0 Å². The lowest BCUT2D eigenvalue weighted by Crippen LogP contribution is -2.38. The zero-order valence-electron chi connectivity index (χ0n) is 6.23. The Morgan fingerprint density at radius 3 is 1.67 bits per heavy atom. The van der Waals surface area contributed by atoms with E-state index < -0.39 is 0 Å². The van der Waals surface area contributed by atoms with E-state index in [1.54, 1.807) is 0 Å². The molecule has 9 heavy (non-hydrogen) atoms. The van der Waals surface area contributed by atoms with Gasteiger partial charge in [-0.1, -0.05) is 29.1 Å². The van der Waals surface area contributed by atoms with Gasteiger partial charge in [0, 0.05) is 0 Å². The van der Waals surface area contributed by atoms with Crippen LogP contribution in [-0.4, -0.2) is 23.5 Å². The zero-order chi connectivity index (χ0) is 6.85. The molecule has 1 aromatic carbocycles. The first-order chi connectivity index (χ1) is 4.22. The van der Waals surface area contributed by atoms with Gasteiger partial charge in [0.15, 0.2) is 0 Å². The molecule has 0 radical (unpaired) electrons. The van der Waals surface area contributed by atoms with Crippen LogP contribution in [0.5, 0.6) is 0 Å². The topological polar surface area (TPSA) is 0 Å². The summed E-state index contributed by atoms with van der Waals surface area (Å²) in [5.74, 6) is 0. The van der Waals surface area contributed by atoms with Gasteiger partial charge in [-0.05, 0) is 0 Å². The second-order valence-corrected chi connectivity index (χ2v) is 2.52. The van der Waals surface area contributed by atoms with Crippen LogP contribution in [0.1, 0.15) is 0 Å². The maximum absolute atomic E-state index is 2.16. The number of hydrogen-bond acceptors (Lipinski definition) is 0. The first-order valence-corrected chi connectivity index (χ1v) is 3.24. The standard InChI is InChI=1S/C6H9B3/c7-4-2-1-3-5(8)6(4)9/h1-3H,7-9H2. The van der Waals surface area contributed by atoms with Crippen molar-refractivity contribution in [1.82, 2.24) is 0 Å². The fourth-order valence-electron chi connectivity index (χ4n) is 0.898. The van der Waals surface area contributed by atoms with E-state index in [1.165, 1.54) is 16.4 Å². The third-order valence-electron chi connectivity index (χ3n) is 1.88. The van der Waals surface area contributed by atoms with Crippen LogP contribution in [0, 0.1) is 0 Å². The molecule has 0 aliphatic rings. The Morgan fingerprint density at radius 2 is 1.33 bits per heavy atom. The molecule has 1 aromatic rings. The van der Waals surface area contributed by atoms with Crippen LogP contribution in [0.3, 0.4) is 0 Å². The minimum atomic E-state index is 1.38. The van der Waals surface area contributed by atoms with Gasteiger partial charge in [-0.3, -0.25) is 0 Å². The molecule has 0 amide bonds. The molecule has 0 N–H and O–H groups in total. The molecule has 0 saturated carbocycles. The smallest absolute Gasteiger partial charge is 0.101 e. The van der Waals surface area contributed by atoms with E-state index in [-0.39, 0.29) is 0 Å². The predicted molar refractivity (Wildman–Crippen MR) is 51.0 cm³/mol. The molecule has 42 valence electrons. The fourth-order valence-corrected chi connectivity index (χ4v) is 0.898. The molecule has 0 fully saturated rings. The lowest BCUT2D eigenvalue weighted by Gasteiger charge is -2.01. The molecule has 1 rings (SSSR count). The van der Waals surface area contributed by atoms with Crippen molar-refractivity contribution in [1.29, 1.82) is 0 Å². The summed E-state index contributed by atoms with van der Waals surface area (Å²) in [5, 5.41) is 0. The average molecular weight is 114 g/mol. The Bertz CT molecular complexity index is 199. The van der Waals surface area contributed by atoms with E-state index in [0.29, 0.717) is 0 Å². The number of benzene rings is 1. The molecule has 0 bridgehead atoms. The number of rotatable bonds is 0. The zero-order valence-corrected chi connectivity index (χ0v) is 6.23. The number of hydrogen-bond donors (Lipinski definition) is 0. The highest BCUT2D eigenvalue weighted by Gasteiger charge is 1.91. The molecule has 0 aliphatic heterocycles. The van der Waals surface area contributed by atoms with Gasteiger partial charge in [0.2, 0.25) is 0 Å². The molecule has 0 atom stereocenters. The summed E-state index contributed by atoms with van der Waals surface area (Å²) in [7, 11) is 6.44. The van der Waals surface area contributed by atoms with Gasteiger partial charge in [0.05, 0.1) is 0 Å². The van der Waals surface area contributed by atoms with Crippen LogP contribution in [0.15, 0.2) is 18.2 Å². The van der Waals surface area contributed by atoms with E-state index >= 15 is 0 Å². The van der Waals surface area contributed by atoms with Crippen LogP contribution >= 0.6 is 0 Å². The molecule has 0 heterocycles. The first-order valence-electron chi connectivity index (χ1n) is 3.24. The van der Waals surface area contributed by atoms with Gasteiger partial charge in [-0.25, -0.2) is 0 Å². The molecule has 3 heteroatoms. The van der Waals surface area contributed by atoms with E-state index in [2.05, 4.69) is 41.7 Å². The third kappa shape index (κ3) is 1.21. The summed E-state index contributed by atoms with van der Waals surface area (Å²) in [4.78, 5) is 0. The van der Waals surface area contributed by atoms with Gasteiger partial charge in [-0.15, -0.1) is 5.46 Å². The van der Waals surface area contributed by atoms with Crippen molar-refractivity contribution in [3.05, 3.63) is 18.2 Å².